The van der Waals surface area contributed by atoms with Gasteiger partial charge < -0.3 is 15.2 Å². The van der Waals surface area contributed by atoms with Gasteiger partial charge in [0.15, 0.2) is 11.8 Å². The summed E-state index contributed by atoms with van der Waals surface area (Å²) in [6.45, 7) is 5.14. The quantitative estimate of drug-likeness (QED) is 0.529. The van der Waals surface area contributed by atoms with Crippen LogP contribution in [0.2, 0.25) is 0 Å². The predicted octanol–water partition coefficient (Wildman–Crippen LogP) is 2.50. The van der Waals surface area contributed by atoms with Crippen molar-refractivity contribution < 1.29 is 4.21 Å². The highest BCUT2D eigenvalue weighted by molar-refractivity contribution is 7.85. The molecule has 2 heterocycles. The first kappa shape index (κ1) is 21.0. The van der Waals surface area contributed by atoms with Gasteiger partial charge in [-0.3, -0.25) is 4.21 Å². The van der Waals surface area contributed by atoms with Crippen molar-refractivity contribution in [3.8, 4) is 0 Å². The van der Waals surface area contributed by atoms with E-state index in [4.69, 9.17) is 4.99 Å². The van der Waals surface area contributed by atoms with E-state index in [2.05, 4.69) is 38.3 Å². The highest BCUT2D eigenvalue weighted by Gasteiger charge is 2.26. The molecule has 7 nitrogen and oxygen atoms in total. The van der Waals surface area contributed by atoms with E-state index in [1.54, 1.807) is 11.3 Å². The molecule has 0 amide bonds. The maximum Gasteiger partial charge on any atom is 0.192 e. The number of thiophene rings is 1. The van der Waals surface area contributed by atoms with Gasteiger partial charge in [-0.1, -0.05) is 19.4 Å². The van der Waals surface area contributed by atoms with Gasteiger partial charge in [-0.05, 0) is 37.6 Å². The van der Waals surface area contributed by atoms with E-state index < -0.39 is 10.8 Å². The van der Waals surface area contributed by atoms with Crippen LogP contribution in [0.3, 0.4) is 0 Å². The summed E-state index contributed by atoms with van der Waals surface area (Å²) < 4.78 is 14.2. The molecule has 2 aromatic heterocycles. The lowest BCUT2D eigenvalue weighted by molar-refractivity contribution is 0.413. The van der Waals surface area contributed by atoms with Crippen molar-refractivity contribution in [3.05, 3.63) is 34.0 Å². The fourth-order valence-corrected chi connectivity index (χ4v) is 5.41. The summed E-state index contributed by atoms with van der Waals surface area (Å²) in [6.07, 6.45) is 4.18. The molecule has 0 bridgehead atoms. The number of hydrogen-bond donors (Lipinski definition) is 2. The Bertz CT molecular complexity index is 801. The lowest BCUT2D eigenvalue weighted by Gasteiger charge is -2.30. The van der Waals surface area contributed by atoms with Crippen molar-refractivity contribution >= 4 is 28.1 Å². The third kappa shape index (κ3) is 5.64. The summed E-state index contributed by atoms with van der Waals surface area (Å²) in [6, 6.07) is 4.47. The molecular weight excluding hydrogens is 392 g/mol. The monoisotopic (exact) mass is 422 g/mol. The summed E-state index contributed by atoms with van der Waals surface area (Å²) in [5.74, 6) is 3.23. The zero-order valence-electron chi connectivity index (χ0n) is 16.9. The zero-order valence-corrected chi connectivity index (χ0v) is 18.5. The summed E-state index contributed by atoms with van der Waals surface area (Å²) in [4.78, 5) is 6.01. The molecule has 1 aliphatic carbocycles. The highest BCUT2D eigenvalue weighted by atomic mass is 32.2. The summed E-state index contributed by atoms with van der Waals surface area (Å²) in [7, 11) is 1.23. The average molecular weight is 423 g/mol. The van der Waals surface area contributed by atoms with E-state index in [9.17, 15) is 4.21 Å². The first-order valence-electron chi connectivity index (χ1n) is 9.86. The van der Waals surface area contributed by atoms with Crippen LogP contribution in [0, 0.1) is 6.92 Å². The normalized spacial score (nSPS) is 21.5. The Balaban J connectivity index is 1.67. The van der Waals surface area contributed by atoms with Crippen molar-refractivity contribution in [2.45, 2.75) is 63.9 Å². The maximum atomic E-state index is 12.3. The van der Waals surface area contributed by atoms with Gasteiger partial charge in [0.2, 0.25) is 0 Å². The van der Waals surface area contributed by atoms with E-state index in [-0.39, 0.29) is 5.25 Å². The van der Waals surface area contributed by atoms with Crippen molar-refractivity contribution in [1.29, 1.82) is 0 Å². The zero-order chi connectivity index (χ0) is 19.9. The van der Waals surface area contributed by atoms with Crippen molar-refractivity contribution in [3.63, 3.8) is 0 Å². The van der Waals surface area contributed by atoms with Gasteiger partial charge in [-0.2, -0.15) is 0 Å². The van der Waals surface area contributed by atoms with Crippen LogP contribution in [0.4, 0.5) is 0 Å². The molecular formula is C19H30N6OS2. The Kier molecular flexibility index (Phi) is 7.61. The lowest BCUT2D eigenvalue weighted by Crippen LogP contribution is -2.46. The summed E-state index contributed by atoms with van der Waals surface area (Å²) >= 11 is 1.73. The van der Waals surface area contributed by atoms with Crippen LogP contribution in [0.1, 0.15) is 49.1 Å². The van der Waals surface area contributed by atoms with Crippen molar-refractivity contribution in [2.24, 2.45) is 12.0 Å². The van der Waals surface area contributed by atoms with Gasteiger partial charge in [-0.25, -0.2) is 4.99 Å². The Morgan fingerprint density at radius 2 is 2.29 bits per heavy atom. The minimum atomic E-state index is -0.731. The number of aliphatic imine (C=N–C) groups is 1. The molecule has 2 N–H and O–H groups in total. The second-order valence-electron chi connectivity index (χ2n) is 7.12. The van der Waals surface area contributed by atoms with Gasteiger partial charge in [0.05, 0.1) is 6.54 Å². The van der Waals surface area contributed by atoms with E-state index in [1.807, 2.05) is 25.5 Å². The van der Waals surface area contributed by atoms with Crippen LogP contribution in [0.25, 0.3) is 0 Å². The van der Waals surface area contributed by atoms with Crippen molar-refractivity contribution in [1.82, 2.24) is 25.4 Å². The van der Waals surface area contributed by atoms with Gasteiger partial charge in [0.25, 0.3) is 0 Å². The fraction of sp³-hybridized carbons (Fsp3) is 0.632. The van der Waals surface area contributed by atoms with Crippen LogP contribution >= 0.6 is 11.3 Å². The molecule has 28 heavy (non-hydrogen) atoms. The number of hydrogen-bond acceptors (Lipinski definition) is 5. The Morgan fingerprint density at radius 3 is 2.96 bits per heavy atom. The number of aromatic nitrogens is 3. The molecule has 0 aromatic carbocycles. The minimum absolute atomic E-state index is 0.288. The van der Waals surface area contributed by atoms with Crippen molar-refractivity contribution in [2.75, 3.05) is 5.75 Å². The molecule has 1 saturated carbocycles. The van der Waals surface area contributed by atoms with Crippen LogP contribution in [-0.4, -0.2) is 42.0 Å². The molecule has 3 unspecified atom stereocenters. The van der Waals surface area contributed by atoms with E-state index in [0.717, 1.165) is 55.6 Å². The molecule has 1 aliphatic rings. The Hall–Kier alpha value is -1.74. The molecule has 0 spiro atoms. The van der Waals surface area contributed by atoms with Gasteiger partial charge in [-0.15, -0.1) is 21.5 Å². The number of nitrogens with zero attached hydrogens (tertiary/aromatic N) is 4. The molecule has 9 heteroatoms. The Labute approximate surface area is 173 Å². The van der Waals surface area contributed by atoms with Gasteiger partial charge in [0.1, 0.15) is 12.4 Å². The van der Waals surface area contributed by atoms with Gasteiger partial charge >= 0.3 is 0 Å². The highest BCUT2D eigenvalue weighted by Crippen LogP contribution is 2.23. The maximum absolute atomic E-state index is 12.3. The standard InChI is InChI=1S/C19H30N6OS2/c1-4-28(26)17-9-5-7-15(11-17)22-19(20-12-16-8-6-10-27-16)21-13-18-24-23-14(2)25(18)3/h6,8,10,15,17H,4-5,7,9,11-13H2,1-3H3,(H2,20,21,22). The van der Waals surface area contributed by atoms with Crippen LogP contribution in [-0.2, 0) is 30.9 Å². The van der Waals surface area contributed by atoms with Crippen LogP contribution in [0.5, 0.6) is 0 Å². The number of rotatable bonds is 7. The fourth-order valence-electron chi connectivity index (χ4n) is 3.42. The molecule has 2 aromatic rings. The summed E-state index contributed by atoms with van der Waals surface area (Å²) in [5.41, 5.74) is 0. The topological polar surface area (TPSA) is 84.2 Å². The second kappa shape index (κ2) is 10.2. The minimum Gasteiger partial charge on any atom is -0.354 e. The third-order valence-electron chi connectivity index (χ3n) is 5.19. The van der Waals surface area contributed by atoms with Crippen LogP contribution in [0.15, 0.2) is 22.5 Å². The lowest BCUT2D eigenvalue weighted by atomic mass is 9.95. The molecule has 3 rings (SSSR count). The van der Waals surface area contributed by atoms with E-state index >= 15 is 0 Å². The Morgan fingerprint density at radius 1 is 1.43 bits per heavy atom. The molecule has 3 atom stereocenters. The largest absolute Gasteiger partial charge is 0.354 e. The molecule has 154 valence electrons. The first-order chi connectivity index (χ1) is 13.6. The molecule has 0 radical (unpaired) electrons. The molecule has 0 saturated heterocycles. The second-order valence-corrected chi connectivity index (χ2v) is 10.2. The summed E-state index contributed by atoms with van der Waals surface area (Å²) in [5, 5.41) is 17.7. The average Bonchev–Trinajstić information content (AvgIpc) is 3.34. The molecule has 1 fully saturated rings. The third-order valence-corrected chi connectivity index (χ3v) is 7.81. The number of guanidine groups is 1. The van der Waals surface area contributed by atoms with E-state index in [0.29, 0.717) is 12.6 Å². The SMILES string of the molecule is CCS(=O)C1CCCC(NC(=NCc2nnc(C)n2C)NCc2cccs2)C1. The molecule has 0 aliphatic heterocycles. The number of nitrogens with one attached hydrogen (secondary N) is 2. The number of aryl methyl sites for hydroxylation is 1. The van der Waals surface area contributed by atoms with Gasteiger partial charge in [0, 0.05) is 39.8 Å². The predicted molar refractivity (Wildman–Crippen MR) is 116 cm³/mol. The van der Waals surface area contributed by atoms with E-state index in [1.165, 1.54) is 4.88 Å². The smallest absolute Gasteiger partial charge is 0.192 e. The first-order valence-corrected chi connectivity index (χ1v) is 12.1. The van der Waals surface area contributed by atoms with Crippen LogP contribution < -0.4 is 10.6 Å².